The van der Waals surface area contributed by atoms with Gasteiger partial charge in [0.2, 0.25) is 5.91 Å². The molecule has 0 fully saturated rings. The summed E-state index contributed by atoms with van der Waals surface area (Å²) in [6.07, 6.45) is 0.775. The molecule has 0 radical (unpaired) electrons. The van der Waals surface area contributed by atoms with Gasteiger partial charge in [0.25, 0.3) is 0 Å². The largest absolute Gasteiger partial charge is 0.394 e. The van der Waals surface area contributed by atoms with E-state index >= 15 is 0 Å². The summed E-state index contributed by atoms with van der Waals surface area (Å²) in [6.45, 7) is 20.4. The number of carbonyl (C=O) groups is 1. The fourth-order valence-electron chi connectivity index (χ4n) is 2.26. The van der Waals surface area contributed by atoms with Crippen molar-refractivity contribution in [2.45, 2.75) is 71.0 Å². The standard InChI is InChI=1S/C14H33NO3Si3/c1-10-12(15-13(16)11(2)3)14(19,17-20(4,5)6)18-21(7,8)9/h12H,2,10H2,1,3-9,19H3,(H,15,16). The molecule has 124 valence electrons. The van der Waals surface area contributed by atoms with Gasteiger partial charge in [0, 0.05) is 5.57 Å². The Labute approximate surface area is 135 Å². The molecule has 0 spiro atoms. The number of hydrogen-bond donors (Lipinski definition) is 1. The molecule has 0 aliphatic heterocycles. The first-order valence-electron chi connectivity index (χ1n) is 7.57. The molecule has 1 atom stereocenters. The van der Waals surface area contributed by atoms with Crippen LogP contribution in [0, 0.1) is 0 Å². The Hall–Kier alpha value is -0.219. The summed E-state index contributed by atoms with van der Waals surface area (Å²) in [5.41, 5.74) is -0.145. The fraction of sp³-hybridized carbons (Fsp3) is 0.786. The van der Waals surface area contributed by atoms with Crippen molar-refractivity contribution in [1.29, 1.82) is 0 Å². The average molecular weight is 348 g/mol. The third-order valence-electron chi connectivity index (χ3n) is 2.75. The number of amides is 1. The SMILES string of the molecule is C=C(C)C(=O)NC(CC)C([SiH3])(O[Si](C)(C)C)O[Si](C)(C)C. The summed E-state index contributed by atoms with van der Waals surface area (Å²) in [4.78, 5) is 12.0. The molecular weight excluding hydrogens is 314 g/mol. The van der Waals surface area contributed by atoms with Crippen LogP contribution in [0.2, 0.25) is 39.3 Å². The Morgan fingerprint density at radius 3 is 1.81 bits per heavy atom. The maximum Gasteiger partial charge on any atom is 0.246 e. The highest BCUT2D eigenvalue weighted by Crippen LogP contribution is 2.26. The van der Waals surface area contributed by atoms with Crippen LogP contribution in [-0.2, 0) is 13.6 Å². The number of nitrogens with one attached hydrogen (secondary N) is 1. The zero-order chi connectivity index (χ0) is 17.1. The van der Waals surface area contributed by atoms with E-state index in [1.807, 2.05) is 0 Å². The summed E-state index contributed by atoms with van der Waals surface area (Å²) < 4.78 is 12.8. The molecule has 4 nitrogen and oxygen atoms in total. The monoisotopic (exact) mass is 347 g/mol. The van der Waals surface area contributed by atoms with E-state index in [9.17, 15) is 4.79 Å². The lowest BCUT2D eigenvalue weighted by Crippen LogP contribution is -2.62. The minimum atomic E-state index is -1.79. The van der Waals surface area contributed by atoms with Gasteiger partial charge in [-0.15, -0.1) is 0 Å². The highest BCUT2D eigenvalue weighted by Gasteiger charge is 2.42. The van der Waals surface area contributed by atoms with Crippen molar-refractivity contribution in [3.8, 4) is 0 Å². The predicted molar refractivity (Wildman–Crippen MR) is 98.6 cm³/mol. The van der Waals surface area contributed by atoms with Gasteiger partial charge in [0.1, 0.15) is 5.41 Å². The summed E-state index contributed by atoms with van der Waals surface area (Å²) in [6, 6.07) is -0.133. The van der Waals surface area contributed by atoms with Crippen LogP contribution in [0.15, 0.2) is 12.2 Å². The molecular formula is C14H33NO3Si3. The predicted octanol–water partition coefficient (Wildman–Crippen LogP) is 2.18. The zero-order valence-corrected chi connectivity index (χ0v) is 19.2. The maximum absolute atomic E-state index is 12.0. The number of carbonyl (C=O) groups excluding carboxylic acids is 1. The van der Waals surface area contributed by atoms with Gasteiger partial charge in [-0.25, -0.2) is 0 Å². The van der Waals surface area contributed by atoms with Gasteiger partial charge in [0.05, 0.1) is 16.3 Å². The minimum Gasteiger partial charge on any atom is -0.394 e. The van der Waals surface area contributed by atoms with Crippen molar-refractivity contribution in [1.82, 2.24) is 5.32 Å². The highest BCUT2D eigenvalue weighted by molar-refractivity contribution is 6.71. The third kappa shape index (κ3) is 8.10. The fourth-order valence-corrected chi connectivity index (χ4v) is 9.37. The van der Waals surface area contributed by atoms with E-state index in [2.05, 4.69) is 58.1 Å². The summed E-state index contributed by atoms with van der Waals surface area (Å²) in [5.74, 6) is -0.125. The third-order valence-corrected chi connectivity index (χ3v) is 6.71. The second-order valence-electron chi connectivity index (χ2n) is 7.66. The molecule has 0 aromatic carbocycles. The first-order valence-corrected chi connectivity index (χ1v) is 15.4. The molecule has 1 unspecified atom stereocenters. The van der Waals surface area contributed by atoms with Crippen molar-refractivity contribution in [3.05, 3.63) is 12.2 Å². The van der Waals surface area contributed by atoms with Gasteiger partial charge in [-0.3, -0.25) is 4.79 Å². The Morgan fingerprint density at radius 2 is 1.57 bits per heavy atom. The molecule has 1 N–H and O–H groups in total. The van der Waals surface area contributed by atoms with Crippen LogP contribution in [0.4, 0.5) is 0 Å². The zero-order valence-electron chi connectivity index (χ0n) is 15.2. The van der Waals surface area contributed by atoms with Crippen LogP contribution < -0.4 is 5.32 Å². The first-order chi connectivity index (χ1) is 9.20. The van der Waals surface area contributed by atoms with E-state index in [0.717, 1.165) is 6.42 Å². The van der Waals surface area contributed by atoms with Gasteiger partial charge < -0.3 is 14.2 Å². The number of hydrogen-bond acceptors (Lipinski definition) is 3. The Bertz CT molecular complexity index is 370. The van der Waals surface area contributed by atoms with E-state index in [-0.39, 0.29) is 11.9 Å². The molecule has 21 heavy (non-hydrogen) atoms. The van der Waals surface area contributed by atoms with Gasteiger partial charge >= 0.3 is 0 Å². The molecule has 1 amide bonds. The summed E-state index contributed by atoms with van der Waals surface area (Å²) in [7, 11) is -2.88. The molecule has 0 aliphatic rings. The second kappa shape index (κ2) is 7.36. The van der Waals surface area contributed by atoms with E-state index < -0.39 is 22.0 Å². The Morgan fingerprint density at radius 1 is 1.19 bits per heavy atom. The smallest absolute Gasteiger partial charge is 0.246 e. The van der Waals surface area contributed by atoms with Gasteiger partial charge in [-0.05, 0) is 52.6 Å². The van der Waals surface area contributed by atoms with Crippen molar-refractivity contribution in [3.63, 3.8) is 0 Å². The molecule has 0 rings (SSSR count). The lowest BCUT2D eigenvalue weighted by molar-refractivity contribution is -0.125. The van der Waals surface area contributed by atoms with E-state index in [4.69, 9.17) is 8.85 Å². The number of rotatable bonds is 8. The van der Waals surface area contributed by atoms with E-state index in [0.29, 0.717) is 15.8 Å². The van der Waals surface area contributed by atoms with Crippen LogP contribution in [-0.4, -0.2) is 44.2 Å². The Kier molecular flexibility index (Phi) is 7.29. The van der Waals surface area contributed by atoms with Crippen molar-refractivity contribution < 1.29 is 13.6 Å². The van der Waals surface area contributed by atoms with E-state index in [1.165, 1.54) is 0 Å². The first kappa shape index (κ1) is 20.8. The average Bonchev–Trinajstić information content (AvgIpc) is 2.19. The topological polar surface area (TPSA) is 47.6 Å². The normalized spacial score (nSPS) is 14.9. The van der Waals surface area contributed by atoms with Crippen LogP contribution in [0.5, 0.6) is 0 Å². The van der Waals surface area contributed by atoms with Gasteiger partial charge in [0.15, 0.2) is 16.6 Å². The summed E-state index contributed by atoms with van der Waals surface area (Å²) in [5, 5.41) is 3.04. The van der Waals surface area contributed by atoms with Gasteiger partial charge in [-0.2, -0.15) is 0 Å². The van der Waals surface area contributed by atoms with Crippen LogP contribution in [0.25, 0.3) is 0 Å². The molecule has 0 aromatic rings. The molecule has 0 aliphatic carbocycles. The molecule has 0 heterocycles. The van der Waals surface area contributed by atoms with Crippen LogP contribution in [0.1, 0.15) is 20.3 Å². The highest BCUT2D eigenvalue weighted by atomic mass is 28.4. The quantitative estimate of drug-likeness (QED) is 0.416. The van der Waals surface area contributed by atoms with Crippen molar-refractivity contribution in [2.24, 2.45) is 0 Å². The lowest BCUT2D eigenvalue weighted by Gasteiger charge is -2.45. The molecule has 0 saturated heterocycles. The second-order valence-corrected chi connectivity index (χ2v) is 17.9. The lowest BCUT2D eigenvalue weighted by atomic mass is 10.2. The van der Waals surface area contributed by atoms with E-state index in [1.54, 1.807) is 6.92 Å². The minimum absolute atomic E-state index is 0.125. The van der Waals surface area contributed by atoms with Crippen LogP contribution >= 0.6 is 0 Å². The molecule has 0 bridgehead atoms. The molecule has 0 saturated carbocycles. The van der Waals surface area contributed by atoms with Crippen molar-refractivity contribution >= 4 is 32.8 Å². The Balaban J connectivity index is 5.41. The van der Waals surface area contributed by atoms with Crippen molar-refractivity contribution in [2.75, 3.05) is 0 Å². The molecule has 0 aromatic heterocycles. The maximum atomic E-state index is 12.0. The summed E-state index contributed by atoms with van der Waals surface area (Å²) >= 11 is 0. The van der Waals surface area contributed by atoms with Crippen LogP contribution in [0.3, 0.4) is 0 Å². The van der Waals surface area contributed by atoms with Gasteiger partial charge in [-0.1, -0.05) is 13.5 Å². The molecule has 7 heteroatoms.